The molecule has 0 amide bonds. The molecule has 4 heteroatoms. The van der Waals surface area contributed by atoms with E-state index in [4.69, 9.17) is 0 Å². The summed E-state index contributed by atoms with van der Waals surface area (Å²) in [5.41, 5.74) is 0.235. The zero-order chi connectivity index (χ0) is 11.9. The van der Waals surface area contributed by atoms with Crippen molar-refractivity contribution in [2.45, 2.75) is 53.0 Å². The molecule has 1 N–H and O–H groups in total. The monoisotopic (exact) mass is 222 g/mol. The van der Waals surface area contributed by atoms with E-state index < -0.39 is 0 Å². The summed E-state index contributed by atoms with van der Waals surface area (Å²) in [5, 5.41) is 7.97. The SMILES string of the molecule is CC(C)c1nc2n(n1)C(C(C)(C)C)CCN2. The van der Waals surface area contributed by atoms with Gasteiger partial charge in [-0.25, -0.2) is 4.68 Å². The van der Waals surface area contributed by atoms with Crippen molar-refractivity contribution >= 4 is 5.95 Å². The zero-order valence-electron chi connectivity index (χ0n) is 10.9. The van der Waals surface area contributed by atoms with Gasteiger partial charge in [0.15, 0.2) is 5.82 Å². The molecule has 0 spiro atoms. The van der Waals surface area contributed by atoms with Crippen molar-refractivity contribution in [3.63, 3.8) is 0 Å². The topological polar surface area (TPSA) is 42.7 Å². The largest absolute Gasteiger partial charge is 0.354 e. The van der Waals surface area contributed by atoms with Crippen molar-refractivity contribution in [3.05, 3.63) is 5.82 Å². The van der Waals surface area contributed by atoms with E-state index in [1.807, 2.05) is 0 Å². The lowest BCUT2D eigenvalue weighted by Crippen LogP contribution is -2.32. The Hall–Kier alpha value is -1.06. The summed E-state index contributed by atoms with van der Waals surface area (Å²) in [7, 11) is 0. The van der Waals surface area contributed by atoms with E-state index in [0.717, 1.165) is 24.7 Å². The Kier molecular flexibility index (Phi) is 2.68. The first kappa shape index (κ1) is 11.4. The second kappa shape index (κ2) is 3.75. The zero-order valence-corrected chi connectivity index (χ0v) is 10.9. The Morgan fingerprint density at radius 2 is 2.06 bits per heavy atom. The molecule has 1 aromatic heterocycles. The molecule has 1 aromatic rings. The lowest BCUT2D eigenvalue weighted by atomic mass is 9.84. The maximum Gasteiger partial charge on any atom is 0.221 e. The second-order valence-corrected chi connectivity index (χ2v) is 5.99. The van der Waals surface area contributed by atoms with Gasteiger partial charge in [0.2, 0.25) is 5.95 Å². The van der Waals surface area contributed by atoms with Gasteiger partial charge in [0.05, 0.1) is 6.04 Å². The number of anilines is 1. The molecule has 1 unspecified atom stereocenters. The van der Waals surface area contributed by atoms with Crippen LogP contribution < -0.4 is 5.32 Å². The van der Waals surface area contributed by atoms with Crippen LogP contribution >= 0.6 is 0 Å². The molecular weight excluding hydrogens is 200 g/mol. The van der Waals surface area contributed by atoms with Crippen LogP contribution in [-0.4, -0.2) is 21.3 Å². The predicted octanol–water partition coefficient (Wildman–Crippen LogP) is 2.80. The quantitative estimate of drug-likeness (QED) is 0.794. The summed E-state index contributed by atoms with van der Waals surface area (Å²) >= 11 is 0. The molecule has 16 heavy (non-hydrogen) atoms. The normalized spacial score (nSPS) is 20.8. The highest BCUT2D eigenvalue weighted by Gasteiger charge is 2.32. The third-order valence-electron chi connectivity index (χ3n) is 3.16. The van der Waals surface area contributed by atoms with Crippen LogP contribution in [-0.2, 0) is 0 Å². The summed E-state index contributed by atoms with van der Waals surface area (Å²) in [4.78, 5) is 4.55. The van der Waals surface area contributed by atoms with Gasteiger partial charge in [0, 0.05) is 12.5 Å². The summed E-state index contributed by atoms with van der Waals surface area (Å²) < 4.78 is 2.08. The van der Waals surface area contributed by atoms with Crippen molar-refractivity contribution < 1.29 is 0 Å². The van der Waals surface area contributed by atoms with Crippen molar-refractivity contribution in [3.8, 4) is 0 Å². The molecule has 0 aromatic carbocycles. The number of nitrogens with zero attached hydrogens (tertiary/aromatic N) is 3. The lowest BCUT2D eigenvalue weighted by molar-refractivity contribution is 0.209. The first-order valence-electron chi connectivity index (χ1n) is 6.10. The number of hydrogen-bond acceptors (Lipinski definition) is 3. The van der Waals surface area contributed by atoms with Crippen LogP contribution in [0.1, 0.15) is 58.8 Å². The molecule has 90 valence electrons. The molecular formula is C12H22N4. The molecule has 0 radical (unpaired) electrons. The maximum atomic E-state index is 4.64. The highest BCUT2D eigenvalue weighted by Crippen LogP contribution is 2.37. The van der Waals surface area contributed by atoms with Gasteiger partial charge in [-0.3, -0.25) is 0 Å². The van der Waals surface area contributed by atoms with Gasteiger partial charge < -0.3 is 5.32 Å². The molecule has 2 rings (SSSR count). The Morgan fingerprint density at radius 3 is 2.62 bits per heavy atom. The van der Waals surface area contributed by atoms with Crippen molar-refractivity contribution in [2.75, 3.05) is 11.9 Å². The van der Waals surface area contributed by atoms with Crippen molar-refractivity contribution in [2.24, 2.45) is 5.41 Å². The molecule has 0 aliphatic carbocycles. The van der Waals surface area contributed by atoms with Crippen LogP contribution in [0, 0.1) is 5.41 Å². The Labute approximate surface area is 97.5 Å². The van der Waals surface area contributed by atoms with Crippen LogP contribution in [0.5, 0.6) is 0 Å². The van der Waals surface area contributed by atoms with Crippen LogP contribution in [0.4, 0.5) is 5.95 Å². The van der Waals surface area contributed by atoms with Crippen LogP contribution in [0.15, 0.2) is 0 Å². The van der Waals surface area contributed by atoms with Gasteiger partial charge in [-0.1, -0.05) is 34.6 Å². The number of hydrogen-bond donors (Lipinski definition) is 1. The smallest absolute Gasteiger partial charge is 0.221 e. The van der Waals surface area contributed by atoms with Gasteiger partial charge in [0.1, 0.15) is 0 Å². The Bertz CT molecular complexity index is 373. The summed E-state index contributed by atoms with van der Waals surface area (Å²) in [6, 6.07) is 0.448. The van der Waals surface area contributed by atoms with E-state index in [1.165, 1.54) is 0 Å². The molecule has 0 bridgehead atoms. The van der Waals surface area contributed by atoms with Gasteiger partial charge in [-0.2, -0.15) is 10.1 Å². The van der Waals surface area contributed by atoms with E-state index >= 15 is 0 Å². The van der Waals surface area contributed by atoms with Crippen LogP contribution in [0.3, 0.4) is 0 Å². The predicted molar refractivity (Wildman–Crippen MR) is 65.7 cm³/mol. The highest BCUT2D eigenvalue weighted by molar-refractivity contribution is 5.29. The van der Waals surface area contributed by atoms with E-state index in [2.05, 4.69) is 54.7 Å². The molecule has 0 saturated carbocycles. The summed E-state index contributed by atoms with van der Waals surface area (Å²) in [5.74, 6) is 2.27. The number of aromatic nitrogens is 3. The minimum absolute atomic E-state index is 0.235. The Morgan fingerprint density at radius 1 is 1.38 bits per heavy atom. The van der Waals surface area contributed by atoms with Gasteiger partial charge in [-0.15, -0.1) is 0 Å². The molecule has 0 saturated heterocycles. The number of rotatable bonds is 1. The molecule has 0 fully saturated rings. The average Bonchev–Trinajstić information content (AvgIpc) is 2.58. The third-order valence-corrected chi connectivity index (χ3v) is 3.16. The molecule has 1 atom stereocenters. The van der Waals surface area contributed by atoms with E-state index in [9.17, 15) is 0 Å². The van der Waals surface area contributed by atoms with Crippen molar-refractivity contribution in [1.29, 1.82) is 0 Å². The number of fused-ring (bicyclic) bond motifs is 1. The summed E-state index contributed by atoms with van der Waals surface area (Å²) in [6.45, 7) is 12.1. The number of nitrogens with one attached hydrogen (secondary N) is 1. The van der Waals surface area contributed by atoms with Crippen LogP contribution in [0.2, 0.25) is 0 Å². The minimum Gasteiger partial charge on any atom is -0.354 e. The molecule has 1 aliphatic rings. The summed E-state index contributed by atoms with van der Waals surface area (Å²) in [6.07, 6.45) is 1.12. The first-order chi connectivity index (χ1) is 7.39. The van der Waals surface area contributed by atoms with E-state index in [1.54, 1.807) is 0 Å². The molecule has 2 heterocycles. The average molecular weight is 222 g/mol. The van der Waals surface area contributed by atoms with Gasteiger partial charge >= 0.3 is 0 Å². The Balaban J connectivity index is 2.38. The third kappa shape index (κ3) is 1.93. The second-order valence-electron chi connectivity index (χ2n) is 5.99. The van der Waals surface area contributed by atoms with Gasteiger partial charge in [0.25, 0.3) is 0 Å². The van der Waals surface area contributed by atoms with E-state index in [0.29, 0.717) is 12.0 Å². The standard InChI is InChI=1S/C12H22N4/c1-8(2)10-14-11-13-7-6-9(12(3,4)5)16(11)15-10/h8-9H,6-7H2,1-5H3,(H,13,14,15). The maximum absolute atomic E-state index is 4.64. The van der Waals surface area contributed by atoms with E-state index in [-0.39, 0.29) is 5.41 Å². The lowest BCUT2D eigenvalue weighted by Gasteiger charge is -2.34. The fourth-order valence-electron chi connectivity index (χ4n) is 2.17. The fourth-order valence-corrected chi connectivity index (χ4v) is 2.17. The van der Waals surface area contributed by atoms with Crippen molar-refractivity contribution in [1.82, 2.24) is 14.8 Å². The fraction of sp³-hybridized carbons (Fsp3) is 0.833. The molecule has 4 nitrogen and oxygen atoms in total. The van der Waals surface area contributed by atoms with Crippen LogP contribution in [0.25, 0.3) is 0 Å². The minimum atomic E-state index is 0.235. The van der Waals surface area contributed by atoms with Gasteiger partial charge in [-0.05, 0) is 11.8 Å². The highest BCUT2D eigenvalue weighted by atomic mass is 15.4. The first-order valence-corrected chi connectivity index (χ1v) is 6.10. The molecule has 1 aliphatic heterocycles.